The van der Waals surface area contributed by atoms with E-state index in [1.807, 2.05) is 38.2 Å². The smallest absolute Gasteiger partial charge is 0.130 e. The van der Waals surface area contributed by atoms with Gasteiger partial charge in [-0.25, -0.2) is 0 Å². The molecule has 0 aliphatic heterocycles. The van der Waals surface area contributed by atoms with Gasteiger partial charge in [-0.15, -0.1) is 0 Å². The van der Waals surface area contributed by atoms with E-state index in [1.54, 1.807) is 0 Å². The second kappa shape index (κ2) is 5.89. The van der Waals surface area contributed by atoms with Crippen LogP contribution in [0.4, 0.5) is 0 Å². The van der Waals surface area contributed by atoms with Crippen molar-refractivity contribution >= 4 is 11.6 Å². The maximum atomic E-state index is 5.86. The first-order valence-corrected chi connectivity index (χ1v) is 6.24. The third kappa shape index (κ3) is 3.25. The van der Waals surface area contributed by atoms with Crippen molar-refractivity contribution in [1.29, 1.82) is 0 Å². The number of aryl methyl sites for hydroxylation is 1. The standard InChI is InChI=1S/C15H16ClNO/c1-11-3-4-12(10-17-2)9-15(11)18-14-7-5-13(16)6-8-14/h3-9,17H,10H2,1-2H3. The molecule has 0 radical (unpaired) electrons. The summed E-state index contributed by atoms with van der Waals surface area (Å²) >= 11 is 5.85. The lowest BCUT2D eigenvalue weighted by Crippen LogP contribution is -2.05. The number of benzene rings is 2. The third-order valence-electron chi connectivity index (χ3n) is 2.67. The Morgan fingerprint density at radius 1 is 1.11 bits per heavy atom. The van der Waals surface area contributed by atoms with Crippen LogP contribution in [0, 0.1) is 6.92 Å². The second-order valence-corrected chi connectivity index (χ2v) is 4.62. The van der Waals surface area contributed by atoms with Gasteiger partial charge in [0.05, 0.1) is 0 Å². The van der Waals surface area contributed by atoms with Gasteiger partial charge >= 0.3 is 0 Å². The number of ether oxygens (including phenoxy) is 1. The lowest BCUT2D eigenvalue weighted by atomic mass is 10.1. The van der Waals surface area contributed by atoms with E-state index >= 15 is 0 Å². The van der Waals surface area contributed by atoms with Crippen molar-refractivity contribution in [3.63, 3.8) is 0 Å². The van der Waals surface area contributed by atoms with E-state index in [-0.39, 0.29) is 0 Å². The molecule has 2 rings (SSSR count). The van der Waals surface area contributed by atoms with Gasteiger partial charge in [-0.3, -0.25) is 0 Å². The molecule has 2 aromatic carbocycles. The summed E-state index contributed by atoms with van der Waals surface area (Å²) in [5.41, 5.74) is 2.32. The number of nitrogens with one attached hydrogen (secondary N) is 1. The van der Waals surface area contributed by atoms with Crippen molar-refractivity contribution < 1.29 is 4.74 Å². The zero-order chi connectivity index (χ0) is 13.0. The normalized spacial score (nSPS) is 10.4. The average molecular weight is 262 g/mol. The minimum absolute atomic E-state index is 0.711. The van der Waals surface area contributed by atoms with Gasteiger partial charge in [0.2, 0.25) is 0 Å². The molecule has 0 saturated carbocycles. The second-order valence-electron chi connectivity index (χ2n) is 4.19. The van der Waals surface area contributed by atoms with E-state index in [9.17, 15) is 0 Å². The molecule has 0 unspecified atom stereocenters. The average Bonchev–Trinajstić information content (AvgIpc) is 2.36. The van der Waals surface area contributed by atoms with Gasteiger partial charge in [0.15, 0.2) is 0 Å². The molecule has 0 amide bonds. The maximum Gasteiger partial charge on any atom is 0.130 e. The first-order chi connectivity index (χ1) is 8.69. The fourth-order valence-electron chi connectivity index (χ4n) is 1.70. The van der Waals surface area contributed by atoms with Crippen molar-refractivity contribution in [2.24, 2.45) is 0 Å². The van der Waals surface area contributed by atoms with Gasteiger partial charge in [0, 0.05) is 11.6 Å². The molecule has 18 heavy (non-hydrogen) atoms. The summed E-state index contributed by atoms with van der Waals surface area (Å²) in [4.78, 5) is 0. The molecule has 94 valence electrons. The summed E-state index contributed by atoms with van der Waals surface area (Å²) < 4.78 is 5.86. The molecular weight excluding hydrogens is 246 g/mol. The summed E-state index contributed by atoms with van der Waals surface area (Å²) in [6.45, 7) is 2.87. The Balaban J connectivity index is 2.22. The first kappa shape index (κ1) is 12.9. The summed E-state index contributed by atoms with van der Waals surface area (Å²) in [7, 11) is 1.93. The van der Waals surface area contributed by atoms with Gasteiger partial charge in [0.1, 0.15) is 11.5 Å². The molecule has 0 aliphatic carbocycles. The number of hydrogen-bond acceptors (Lipinski definition) is 2. The molecule has 2 aromatic rings. The first-order valence-electron chi connectivity index (χ1n) is 5.86. The van der Waals surface area contributed by atoms with Gasteiger partial charge in [-0.2, -0.15) is 0 Å². The zero-order valence-electron chi connectivity index (χ0n) is 10.5. The van der Waals surface area contributed by atoms with Crippen LogP contribution in [-0.2, 0) is 6.54 Å². The van der Waals surface area contributed by atoms with Crippen LogP contribution in [0.1, 0.15) is 11.1 Å². The van der Waals surface area contributed by atoms with E-state index < -0.39 is 0 Å². The Morgan fingerprint density at radius 2 is 1.83 bits per heavy atom. The summed E-state index contributed by atoms with van der Waals surface area (Å²) in [6, 6.07) is 13.6. The van der Waals surface area contributed by atoms with Crippen LogP contribution in [0.5, 0.6) is 11.5 Å². The number of rotatable bonds is 4. The van der Waals surface area contributed by atoms with Crippen LogP contribution >= 0.6 is 11.6 Å². The highest BCUT2D eigenvalue weighted by atomic mass is 35.5. The van der Waals surface area contributed by atoms with Gasteiger partial charge in [0.25, 0.3) is 0 Å². The van der Waals surface area contributed by atoms with Crippen LogP contribution in [0.25, 0.3) is 0 Å². The Hall–Kier alpha value is -1.51. The van der Waals surface area contributed by atoms with E-state index in [0.717, 1.165) is 23.6 Å². The molecule has 0 aromatic heterocycles. The predicted molar refractivity (Wildman–Crippen MR) is 75.5 cm³/mol. The fraction of sp³-hybridized carbons (Fsp3) is 0.200. The highest BCUT2D eigenvalue weighted by molar-refractivity contribution is 6.30. The Bertz CT molecular complexity index is 523. The molecule has 0 bridgehead atoms. The molecule has 3 heteroatoms. The van der Waals surface area contributed by atoms with Crippen molar-refractivity contribution in [2.45, 2.75) is 13.5 Å². The Kier molecular flexibility index (Phi) is 4.24. The van der Waals surface area contributed by atoms with Gasteiger partial charge < -0.3 is 10.1 Å². The van der Waals surface area contributed by atoms with Crippen LogP contribution in [0.2, 0.25) is 5.02 Å². The molecule has 0 heterocycles. The maximum absolute atomic E-state index is 5.86. The van der Waals surface area contributed by atoms with Crippen LogP contribution < -0.4 is 10.1 Å². The van der Waals surface area contributed by atoms with Gasteiger partial charge in [-0.05, 0) is 55.4 Å². The number of halogens is 1. The van der Waals surface area contributed by atoms with Gasteiger partial charge in [-0.1, -0.05) is 23.7 Å². The van der Waals surface area contributed by atoms with E-state index in [1.165, 1.54) is 5.56 Å². The molecule has 2 nitrogen and oxygen atoms in total. The molecule has 0 atom stereocenters. The summed E-state index contributed by atoms with van der Waals surface area (Å²) in [5.74, 6) is 1.68. The molecule has 0 aliphatic rings. The molecule has 1 N–H and O–H groups in total. The third-order valence-corrected chi connectivity index (χ3v) is 2.93. The van der Waals surface area contributed by atoms with Crippen molar-refractivity contribution in [1.82, 2.24) is 5.32 Å². The molecule has 0 saturated heterocycles. The predicted octanol–water partition coefficient (Wildman–Crippen LogP) is 4.16. The topological polar surface area (TPSA) is 21.3 Å². The summed E-state index contributed by atoms with van der Waals surface area (Å²) in [5, 5.41) is 3.84. The van der Waals surface area contributed by atoms with Crippen molar-refractivity contribution in [3.8, 4) is 11.5 Å². The molecule has 0 spiro atoms. The van der Waals surface area contributed by atoms with E-state index in [0.29, 0.717) is 5.02 Å². The van der Waals surface area contributed by atoms with Crippen molar-refractivity contribution in [2.75, 3.05) is 7.05 Å². The molecule has 0 fully saturated rings. The summed E-state index contributed by atoms with van der Waals surface area (Å²) in [6.07, 6.45) is 0. The van der Waals surface area contributed by atoms with Crippen LogP contribution in [0.15, 0.2) is 42.5 Å². The fourth-order valence-corrected chi connectivity index (χ4v) is 1.82. The lowest BCUT2D eigenvalue weighted by Gasteiger charge is -2.10. The van der Waals surface area contributed by atoms with E-state index in [4.69, 9.17) is 16.3 Å². The highest BCUT2D eigenvalue weighted by Gasteiger charge is 2.03. The minimum atomic E-state index is 0.711. The highest BCUT2D eigenvalue weighted by Crippen LogP contribution is 2.27. The Morgan fingerprint density at radius 3 is 2.50 bits per heavy atom. The van der Waals surface area contributed by atoms with E-state index in [2.05, 4.69) is 23.5 Å². The SMILES string of the molecule is CNCc1ccc(C)c(Oc2ccc(Cl)cc2)c1. The van der Waals surface area contributed by atoms with Crippen LogP contribution in [-0.4, -0.2) is 7.05 Å². The lowest BCUT2D eigenvalue weighted by molar-refractivity contribution is 0.478. The monoisotopic (exact) mass is 261 g/mol. The van der Waals surface area contributed by atoms with Crippen LogP contribution in [0.3, 0.4) is 0 Å². The Labute approximate surface area is 113 Å². The minimum Gasteiger partial charge on any atom is -0.457 e. The molecular formula is C15H16ClNO. The quantitative estimate of drug-likeness (QED) is 0.892. The number of hydrogen-bond donors (Lipinski definition) is 1. The van der Waals surface area contributed by atoms with Crippen molar-refractivity contribution in [3.05, 3.63) is 58.6 Å². The zero-order valence-corrected chi connectivity index (χ0v) is 11.3. The largest absolute Gasteiger partial charge is 0.457 e.